The smallest absolute Gasteiger partial charge is 0.460 e. The van der Waals surface area contributed by atoms with Crippen molar-refractivity contribution in [3.8, 4) is 5.75 Å². The molecule has 1 aromatic carbocycles. The van der Waals surface area contributed by atoms with E-state index in [0.717, 1.165) is 6.08 Å². The summed E-state index contributed by atoms with van der Waals surface area (Å²) >= 11 is 0. The van der Waals surface area contributed by atoms with Crippen molar-refractivity contribution in [3.05, 3.63) is 35.4 Å². The van der Waals surface area contributed by atoms with E-state index in [1.807, 2.05) is 0 Å². The molecule has 0 unspecified atom stereocenters. The highest BCUT2D eigenvalue weighted by molar-refractivity contribution is 5.95. The first-order chi connectivity index (χ1) is 9.82. The highest BCUT2D eigenvalue weighted by atomic mass is 19.4. The van der Waals surface area contributed by atoms with Crippen molar-refractivity contribution in [1.29, 1.82) is 0 Å². The maximum absolute atomic E-state index is 13.5. The van der Waals surface area contributed by atoms with Gasteiger partial charge in [-0.15, -0.1) is 0 Å². The van der Waals surface area contributed by atoms with E-state index in [9.17, 15) is 18.0 Å². The Morgan fingerprint density at radius 3 is 2.62 bits per heavy atom. The average Bonchev–Trinajstić information content (AvgIpc) is 2.42. The first-order valence-electron chi connectivity index (χ1n) is 6.26. The van der Waals surface area contributed by atoms with Gasteiger partial charge in [-0.1, -0.05) is 25.1 Å². The van der Waals surface area contributed by atoms with Gasteiger partial charge in [0.15, 0.2) is 0 Å². The first-order valence-corrected chi connectivity index (χ1v) is 6.26. The fraction of sp³-hybridized carbons (Fsp3) is 0.357. The topological polar surface area (TPSA) is 55.8 Å². The van der Waals surface area contributed by atoms with Crippen LogP contribution in [0.4, 0.5) is 13.2 Å². The van der Waals surface area contributed by atoms with Crippen molar-refractivity contribution >= 4 is 12.0 Å². The van der Waals surface area contributed by atoms with Gasteiger partial charge in [-0.3, -0.25) is 0 Å². The maximum atomic E-state index is 13.5. The molecule has 21 heavy (non-hydrogen) atoms. The number of carboxylic acids is 1. The summed E-state index contributed by atoms with van der Waals surface area (Å²) in [6.45, 7) is 1.33. The zero-order valence-corrected chi connectivity index (χ0v) is 11.1. The standard InChI is InChI=1S/C14H13F3O4/c1-2-7-20-13(14(15,16)17)10(12(18)19)8-9-5-3-4-6-11(9)21-13/h3-6,8H,2,7H2,1H3,(H,18,19)/t13-/m0/s1. The van der Waals surface area contributed by atoms with E-state index in [0.29, 0.717) is 0 Å². The third kappa shape index (κ3) is 2.61. The number of halogens is 3. The molecule has 0 saturated carbocycles. The number of hydrogen-bond acceptors (Lipinski definition) is 3. The number of fused-ring (bicyclic) bond motifs is 1. The summed E-state index contributed by atoms with van der Waals surface area (Å²) in [4.78, 5) is 11.3. The van der Waals surface area contributed by atoms with Crippen molar-refractivity contribution in [2.45, 2.75) is 25.3 Å². The van der Waals surface area contributed by atoms with E-state index in [-0.39, 0.29) is 24.3 Å². The average molecular weight is 302 g/mol. The van der Waals surface area contributed by atoms with Crippen LogP contribution in [-0.2, 0) is 9.53 Å². The molecule has 4 nitrogen and oxygen atoms in total. The second-order valence-corrected chi connectivity index (χ2v) is 4.47. The molecule has 0 saturated heterocycles. The minimum absolute atomic E-state index is 0.0732. The van der Waals surface area contributed by atoms with Gasteiger partial charge in [0.1, 0.15) is 11.3 Å². The number of alkyl halides is 3. The molecule has 1 N–H and O–H groups in total. The predicted molar refractivity (Wildman–Crippen MR) is 67.7 cm³/mol. The lowest BCUT2D eigenvalue weighted by molar-refractivity contribution is -0.333. The molecular weight excluding hydrogens is 289 g/mol. The van der Waals surface area contributed by atoms with Gasteiger partial charge in [0.05, 0.1) is 6.61 Å². The molecule has 0 aliphatic carbocycles. The fourth-order valence-corrected chi connectivity index (χ4v) is 2.00. The minimum Gasteiger partial charge on any atom is -0.478 e. The molecule has 1 atom stereocenters. The Morgan fingerprint density at radius 2 is 2.05 bits per heavy atom. The summed E-state index contributed by atoms with van der Waals surface area (Å²) in [5.74, 6) is -5.10. The van der Waals surface area contributed by atoms with E-state index in [1.165, 1.54) is 18.2 Å². The number of hydrogen-bond donors (Lipinski definition) is 1. The molecule has 0 radical (unpaired) electrons. The van der Waals surface area contributed by atoms with Gasteiger partial charge >= 0.3 is 17.9 Å². The molecule has 2 rings (SSSR count). The van der Waals surface area contributed by atoms with Gasteiger partial charge in [0.25, 0.3) is 0 Å². The third-order valence-corrected chi connectivity index (χ3v) is 2.94. The summed E-state index contributed by atoms with van der Waals surface area (Å²) in [5, 5.41) is 9.13. The minimum atomic E-state index is -5.03. The predicted octanol–water partition coefficient (Wildman–Crippen LogP) is 3.23. The summed E-state index contributed by atoms with van der Waals surface area (Å²) in [6.07, 6.45) is -3.81. The normalized spacial score (nSPS) is 21.2. The van der Waals surface area contributed by atoms with Crippen molar-refractivity contribution in [3.63, 3.8) is 0 Å². The van der Waals surface area contributed by atoms with Crippen LogP contribution < -0.4 is 4.74 Å². The van der Waals surface area contributed by atoms with Gasteiger partial charge in [0.2, 0.25) is 0 Å². The summed E-state index contributed by atoms with van der Waals surface area (Å²) < 4.78 is 50.2. The Morgan fingerprint density at radius 1 is 1.38 bits per heavy atom. The third-order valence-electron chi connectivity index (χ3n) is 2.94. The van der Waals surface area contributed by atoms with Crippen LogP contribution in [-0.4, -0.2) is 29.6 Å². The maximum Gasteiger partial charge on any atom is 0.460 e. The van der Waals surface area contributed by atoms with Crippen molar-refractivity contribution in [2.24, 2.45) is 0 Å². The number of para-hydroxylation sites is 1. The van der Waals surface area contributed by atoms with Crippen LogP contribution >= 0.6 is 0 Å². The highest BCUT2D eigenvalue weighted by Gasteiger charge is 2.65. The number of rotatable bonds is 4. The van der Waals surface area contributed by atoms with Crippen LogP contribution in [0.1, 0.15) is 18.9 Å². The van der Waals surface area contributed by atoms with Crippen LogP contribution in [0.15, 0.2) is 29.8 Å². The molecule has 0 spiro atoms. The molecular formula is C14H13F3O4. The first kappa shape index (κ1) is 15.4. The van der Waals surface area contributed by atoms with Gasteiger partial charge in [-0.05, 0) is 18.6 Å². The van der Waals surface area contributed by atoms with E-state index in [1.54, 1.807) is 13.0 Å². The van der Waals surface area contributed by atoms with Crippen LogP contribution in [0.25, 0.3) is 6.08 Å². The molecule has 1 aliphatic heterocycles. The Labute approximate surface area is 118 Å². The summed E-state index contributed by atoms with van der Waals surface area (Å²) in [6, 6.07) is 5.88. The fourth-order valence-electron chi connectivity index (χ4n) is 2.00. The second-order valence-electron chi connectivity index (χ2n) is 4.47. The van der Waals surface area contributed by atoms with E-state index < -0.39 is 23.5 Å². The lowest BCUT2D eigenvalue weighted by Crippen LogP contribution is -2.57. The Hall–Kier alpha value is -2.02. The van der Waals surface area contributed by atoms with E-state index in [2.05, 4.69) is 0 Å². The van der Waals surface area contributed by atoms with E-state index in [4.69, 9.17) is 14.6 Å². The van der Waals surface area contributed by atoms with Crippen LogP contribution in [0.2, 0.25) is 0 Å². The molecule has 0 fully saturated rings. The van der Waals surface area contributed by atoms with Gasteiger partial charge in [0, 0.05) is 5.56 Å². The zero-order chi connectivity index (χ0) is 15.7. The Kier molecular flexibility index (Phi) is 3.95. The summed E-state index contributed by atoms with van der Waals surface area (Å²) in [7, 11) is 0. The monoisotopic (exact) mass is 302 g/mol. The second kappa shape index (κ2) is 5.40. The van der Waals surface area contributed by atoms with Crippen molar-refractivity contribution in [1.82, 2.24) is 0 Å². The summed E-state index contributed by atoms with van der Waals surface area (Å²) in [5.41, 5.74) is -0.725. The van der Waals surface area contributed by atoms with Crippen molar-refractivity contribution < 1.29 is 32.5 Å². The van der Waals surface area contributed by atoms with Gasteiger partial charge in [-0.2, -0.15) is 13.2 Å². The lowest BCUT2D eigenvalue weighted by atomic mass is 9.98. The molecule has 0 bridgehead atoms. The highest BCUT2D eigenvalue weighted by Crippen LogP contribution is 2.46. The molecule has 114 valence electrons. The largest absolute Gasteiger partial charge is 0.478 e. The number of carboxylic acid groups (broad SMARTS) is 1. The molecule has 0 aromatic heterocycles. The SMILES string of the molecule is CCCO[C@]1(C(F)(F)F)Oc2ccccc2C=C1C(=O)O. The van der Waals surface area contributed by atoms with Crippen LogP contribution in [0, 0.1) is 0 Å². The molecule has 1 aliphatic rings. The van der Waals surface area contributed by atoms with Crippen molar-refractivity contribution in [2.75, 3.05) is 6.61 Å². The number of aliphatic carboxylic acids is 1. The van der Waals surface area contributed by atoms with E-state index >= 15 is 0 Å². The van der Waals surface area contributed by atoms with Gasteiger partial charge in [-0.25, -0.2) is 4.79 Å². The molecule has 1 heterocycles. The number of carbonyl (C=O) groups is 1. The quantitative estimate of drug-likeness (QED) is 0.927. The number of benzene rings is 1. The molecule has 1 aromatic rings. The van der Waals surface area contributed by atoms with Crippen LogP contribution in [0.5, 0.6) is 5.75 Å². The molecule has 0 amide bonds. The Balaban J connectivity index is 2.61. The Bertz CT molecular complexity index is 580. The lowest BCUT2D eigenvalue weighted by Gasteiger charge is -2.38. The van der Waals surface area contributed by atoms with Crippen LogP contribution in [0.3, 0.4) is 0 Å². The number of ether oxygens (including phenoxy) is 2. The zero-order valence-electron chi connectivity index (χ0n) is 11.1. The molecule has 7 heteroatoms. The van der Waals surface area contributed by atoms with Gasteiger partial charge < -0.3 is 14.6 Å².